The van der Waals surface area contributed by atoms with Crippen LogP contribution in [0.1, 0.15) is 20.8 Å². The molecule has 1 aliphatic heterocycles. The summed E-state index contributed by atoms with van der Waals surface area (Å²) in [7, 11) is 1.20. The Labute approximate surface area is 170 Å². The first-order valence-electron chi connectivity index (χ1n) is 9.48. The Hall–Kier alpha value is -2.26. The van der Waals surface area contributed by atoms with Crippen molar-refractivity contribution in [2.75, 3.05) is 18.6 Å². The molecule has 2 amide bonds. The first kappa shape index (κ1) is 23.0. The summed E-state index contributed by atoms with van der Waals surface area (Å²) in [6.45, 7) is 6.04. The average molecular weight is 406 g/mol. The lowest BCUT2D eigenvalue weighted by molar-refractivity contribution is -0.151. The van der Waals surface area contributed by atoms with Crippen molar-refractivity contribution < 1.29 is 29.6 Å². The van der Waals surface area contributed by atoms with Crippen LogP contribution >= 0.6 is 0 Å². The van der Waals surface area contributed by atoms with Gasteiger partial charge in [-0.15, -0.1) is 0 Å². The molecule has 0 aromatic heterocycles. The van der Waals surface area contributed by atoms with Crippen molar-refractivity contribution in [3.8, 4) is 0 Å². The van der Waals surface area contributed by atoms with Gasteiger partial charge in [0.25, 0.3) is 11.8 Å². The number of rotatable bonds is 8. The standard InChI is InChI=1S/C21H30N2O6/c1-21(2,3)11-10-15(24)16(25)17(26)18(29-4)19(27)22-14-12-23(20(14)28)13-8-6-5-7-9-13/h5-11,14-18,24-26H,12H2,1-4H3,(H,22,27)/t14?,15-,16+,17-,18-/m1/s1. The second kappa shape index (κ2) is 9.49. The zero-order chi connectivity index (χ0) is 21.8. The van der Waals surface area contributed by atoms with Crippen molar-refractivity contribution in [2.45, 2.75) is 51.2 Å². The zero-order valence-electron chi connectivity index (χ0n) is 17.1. The molecule has 0 aliphatic carbocycles. The molecule has 1 saturated heterocycles. The fourth-order valence-electron chi connectivity index (χ4n) is 2.91. The molecule has 5 atom stereocenters. The first-order valence-corrected chi connectivity index (χ1v) is 9.48. The Balaban J connectivity index is 1.94. The van der Waals surface area contributed by atoms with Gasteiger partial charge in [0, 0.05) is 12.8 Å². The van der Waals surface area contributed by atoms with E-state index in [1.54, 1.807) is 18.2 Å². The summed E-state index contributed by atoms with van der Waals surface area (Å²) in [5, 5.41) is 33.1. The Bertz CT molecular complexity index is 730. The summed E-state index contributed by atoms with van der Waals surface area (Å²) in [4.78, 5) is 26.3. The molecule has 1 aromatic carbocycles. The predicted octanol–water partition coefficient (Wildman–Crippen LogP) is 0.218. The minimum absolute atomic E-state index is 0.223. The zero-order valence-corrected chi connectivity index (χ0v) is 17.1. The summed E-state index contributed by atoms with van der Waals surface area (Å²) < 4.78 is 5.02. The number of nitrogens with zero attached hydrogens (tertiary/aromatic N) is 1. The van der Waals surface area contributed by atoms with Gasteiger partial charge in [-0.3, -0.25) is 9.59 Å². The van der Waals surface area contributed by atoms with Crippen LogP contribution in [0.15, 0.2) is 42.5 Å². The number of aliphatic hydroxyl groups is 3. The third-order valence-electron chi connectivity index (χ3n) is 4.63. The van der Waals surface area contributed by atoms with Crippen LogP contribution in [0.3, 0.4) is 0 Å². The van der Waals surface area contributed by atoms with Crippen LogP contribution in [-0.4, -0.2) is 71.2 Å². The number of carbonyl (C=O) groups excluding carboxylic acids is 2. The molecule has 29 heavy (non-hydrogen) atoms. The Morgan fingerprint density at radius 3 is 2.34 bits per heavy atom. The number of nitrogens with one attached hydrogen (secondary N) is 1. The van der Waals surface area contributed by atoms with Gasteiger partial charge in [0.15, 0.2) is 6.10 Å². The van der Waals surface area contributed by atoms with Crippen LogP contribution < -0.4 is 10.2 Å². The maximum absolute atomic E-state index is 12.5. The highest BCUT2D eigenvalue weighted by Crippen LogP contribution is 2.22. The highest BCUT2D eigenvalue weighted by Gasteiger charge is 2.42. The van der Waals surface area contributed by atoms with E-state index in [-0.39, 0.29) is 11.3 Å². The number of methoxy groups -OCH3 is 1. The lowest BCUT2D eigenvalue weighted by atomic mass is 9.94. The number of hydrogen-bond donors (Lipinski definition) is 4. The third kappa shape index (κ3) is 5.86. The smallest absolute Gasteiger partial charge is 0.252 e. The fraction of sp³-hybridized carbons (Fsp3) is 0.524. The third-order valence-corrected chi connectivity index (χ3v) is 4.63. The molecular formula is C21H30N2O6. The Morgan fingerprint density at radius 1 is 1.21 bits per heavy atom. The van der Waals surface area contributed by atoms with Gasteiger partial charge in [-0.25, -0.2) is 0 Å². The van der Waals surface area contributed by atoms with Crippen LogP contribution in [0.5, 0.6) is 0 Å². The lowest BCUT2D eigenvalue weighted by Gasteiger charge is -2.39. The van der Waals surface area contributed by atoms with E-state index in [9.17, 15) is 24.9 Å². The highest BCUT2D eigenvalue weighted by molar-refractivity contribution is 6.06. The number of amides is 2. The summed E-state index contributed by atoms with van der Waals surface area (Å²) >= 11 is 0. The Kier molecular flexibility index (Phi) is 7.54. The van der Waals surface area contributed by atoms with E-state index >= 15 is 0 Å². The topological polar surface area (TPSA) is 119 Å². The number of hydrogen-bond acceptors (Lipinski definition) is 6. The SMILES string of the molecule is CO[C@@H](C(=O)NC1CN(c2ccccc2)C1=O)[C@H](O)[C@@H](O)[C@H](O)C=CC(C)(C)C. The molecule has 1 heterocycles. The minimum Gasteiger partial charge on any atom is -0.387 e. The van der Waals surface area contributed by atoms with E-state index < -0.39 is 36.4 Å². The quantitative estimate of drug-likeness (QED) is 0.362. The van der Waals surface area contributed by atoms with Crippen molar-refractivity contribution in [1.29, 1.82) is 0 Å². The number of aliphatic hydroxyl groups excluding tert-OH is 3. The van der Waals surface area contributed by atoms with Gasteiger partial charge in [0.2, 0.25) is 0 Å². The van der Waals surface area contributed by atoms with Gasteiger partial charge >= 0.3 is 0 Å². The average Bonchev–Trinajstić information content (AvgIpc) is 2.68. The number of para-hydroxylation sites is 1. The van der Waals surface area contributed by atoms with Gasteiger partial charge in [-0.1, -0.05) is 51.1 Å². The molecule has 0 radical (unpaired) electrons. The number of carbonyl (C=O) groups is 2. The van der Waals surface area contributed by atoms with Gasteiger partial charge in [0.05, 0.1) is 6.54 Å². The molecule has 0 spiro atoms. The molecule has 1 fully saturated rings. The molecule has 1 unspecified atom stereocenters. The number of β-lactam (4-membered cyclic amide) rings is 1. The summed E-state index contributed by atoms with van der Waals surface area (Å²) in [6.07, 6.45) is -3.08. The maximum atomic E-state index is 12.5. The minimum atomic E-state index is -1.68. The van der Waals surface area contributed by atoms with Crippen molar-refractivity contribution in [3.63, 3.8) is 0 Å². The molecule has 8 heteroatoms. The van der Waals surface area contributed by atoms with E-state index in [0.29, 0.717) is 6.54 Å². The molecule has 1 aromatic rings. The van der Waals surface area contributed by atoms with Crippen molar-refractivity contribution in [3.05, 3.63) is 42.5 Å². The molecule has 4 N–H and O–H groups in total. The molecule has 160 valence electrons. The highest BCUT2D eigenvalue weighted by atomic mass is 16.5. The molecule has 2 rings (SSSR count). The maximum Gasteiger partial charge on any atom is 0.252 e. The normalized spacial score (nSPS) is 21.4. The van der Waals surface area contributed by atoms with Gasteiger partial charge in [-0.2, -0.15) is 0 Å². The van der Waals surface area contributed by atoms with E-state index in [1.807, 2.05) is 39.0 Å². The van der Waals surface area contributed by atoms with Crippen LogP contribution in [-0.2, 0) is 14.3 Å². The van der Waals surface area contributed by atoms with Gasteiger partial charge in [-0.05, 0) is 17.5 Å². The van der Waals surface area contributed by atoms with Gasteiger partial charge < -0.3 is 30.3 Å². The summed E-state index contributed by atoms with van der Waals surface area (Å²) in [5.74, 6) is -1.01. The lowest BCUT2D eigenvalue weighted by Crippen LogP contribution is -2.66. The number of benzene rings is 1. The van der Waals surface area contributed by atoms with E-state index in [0.717, 1.165) is 5.69 Å². The van der Waals surface area contributed by atoms with Crippen molar-refractivity contribution >= 4 is 17.5 Å². The second-order valence-electron chi connectivity index (χ2n) is 8.20. The van der Waals surface area contributed by atoms with Crippen LogP contribution in [0.25, 0.3) is 0 Å². The number of anilines is 1. The van der Waals surface area contributed by atoms with E-state index in [2.05, 4.69) is 5.32 Å². The molecule has 0 bridgehead atoms. The van der Waals surface area contributed by atoms with Crippen LogP contribution in [0, 0.1) is 5.41 Å². The second-order valence-corrected chi connectivity index (χ2v) is 8.20. The van der Waals surface area contributed by atoms with Crippen molar-refractivity contribution in [1.82, 2.24) is 5.32 Å². The van der Waals surface area contributed by atoms with Gasteiger partial charge in [0.1, 0.15) is 24.4 Å². The molecule has 8 nitrogen and oxygen atoms in total. The predicted molar refractivity (Wildman–Crippen MR) is 108 cm³/mol. The van der Waals surface area contributed by atoms with Crippen molar-refractivity contribution in [2.24, 2.45) is 5.41 Å². The summed E-state index contributed by atoms with van der Waals surface area (Å²) in [6, 6.07) is 8.31. The molecular weight excluding hydrogens is 376 g/mol. The number of ether oxygens (including phenoxy) is 1. The number of allylic oxidation sites excluding steroid dienone is 1. The van der Waals surface area contributed by atoms with E-state index in [4.69, 9.17) is 4.74 Å². The first-order chi connectivity index (χ1) is 13.5. The molecule has 0 saturated carbocycles. The fourth-order valence-corrected chi connectivity index (χ4v) is 2.91. The molecule has 1 aliphatic rings. The summed E-state index contributed by atoms with van der Waals surface area (Å²) in [5.41, 5.74) is 0.509. The van der Waals surface area contributed by atoms with E-state index in [1.165, 1.54) is 18.1 Å². The monoisotopic (exact) mass is 406 g/mol. The van der Waals surface area contributed by atoms with Crippen LogP contribution in [0.2, 0.25) is 0 Å². The largest absolute Gasteiger partial charge is 0.387 e. The Morgan fingerprint density at radius 2 is 1.83 bits per heavy atom. The van der Waals surface area contributed by atoms with Crippen LogP contribution in [0.4, 0.5) is 5.69 Å².